The van der Waals surface area contributed by atoms with Crippen molar-refractivity contribution >= 4 is 33.1 Å². The largest absolute Gasteiger partial charge is 0.496 e. The molecular formula is C17H16N2O2S. The van der Waals surface area contributed by atoms with Gasteiger partial charge in [0.25, 0.3) is 0 Å². The molecule has 3 rings (SSSR count). The number of aryl methyl sites for hydroxylation is 1. The van der Waals surface area contributed by atoms with E-state index in [1.165, 1.54) is 0 Å². The highest BCUT2D eigenvalue weighted by molar-refractivity contribution is 7.16. The number of hydrogen-bond donors (Lipinski definition) is 1. The number of thiazole rings is 1. The average molecular weight is 312 g/mol. The van der Waals surface area contributed by atoms with Gasteiger partial charge in [0, 0.05) is 5.69 Å². The highest BCUT2D eigenvalue weighted by Gasteiger charge is 2.07. The molecule has 0 radical (unpaired) electrons. The maximum atomic E-state index is 12.2. The second-order valence-corrected chi connectivity index (χ2v) is 5.95. The van der Waals surface area contributed by atoms with Crippen molar-refractivity contribution in [3.05, 3.63) is 53.0 Å². The van der Waals surface area contributed by atoms with E-state index in [0.29, 0.717) is 6.42 Å². The molecule has 0 aliphatic heterocycles. The van der Waals surface area contributed by atoms with Crippen molar-refractivity contribution in [1.29, 1.82) is 0 Å². The van der Waals surface area contributed by atoms with Crippen molar-refractivity contribution in [3.63, 3.8) is 0 Å². The molecule has 0 aliphatic carbocycles. The fraction of sp³-hybridized carbons (Fsp3) is 0.176. The molecule has 3 aromatic rings. The van der Waals surface area contributed by atoms with E-state index >= 15 is 0 Å². The van der Waals surface area contributed by atoms with E-state index in [1.54, 1.807) is 24.0 Å². The van der Waals surface area contributed by atoms with E-state index in [-0.39, 0.29) is 5.91 Å². The molecule has 1 aromatic heterocycles. The molecule has 0 fully saturated rings. The maximum absolute atomic E-state index is 12.2. The van der Waals surface area contributed by atoms with Gasteiger partial charge in [-0.2, -0.15) is 0 Å². The number of methoxy groups -OCH3 is 1. The first-order valence-electron chi connectivity index (χ1n) is 6.92. The minimum Gasteiger partial charge on any atom is -0.496 e. The minimum absolute atomic E-state index is 0.0339. The van der Waals surface area contributed by atoms with Gasteiger partial charge in [-0.1, -0.05) is 12.1 Å². The molecule has 5 heteroatoms. The van der Waals surface area contributed by atoms with Crippen LogP contribution in [0.3, 0.4) is 0 Å². The Balaban J connectivity index is 1.70. The molecule has 0 saturated heterocycles. The van der Waals surface area contributed by atoms with Crippen LogP contribution in [0.2, 0.25) is 0 Å². The van der Waals surface area contributed by atoms with Crippen molar-refractivity contribution in [2.75, 3.05) is 12.4 Å². The first kappa shape index (κ1) is 14.5. The Kier molecular flexibility index (Phi) is 4.06. The van der Waals surface area contributed by atoms with E-state index in [9.17, 15) is 4.79 Å². The summed E-state index contributed by atoms with van der Waals surface area (Å²) >= 11 is 1.56. The topological polar surface area (TPSA) is 51.2 Å². The number of anilines is 1. The van der Waals surface area contributed by atoms with E-state index in [4.69, 9.17) is 4.74 Å². The standard InChI is InChI=1S/C17H16N2O2S/c1-11-7-12(3-6-15(11)21-2)8-17(20)19-13-4-5-14-16(9-13)22-10-18-14/h3-7,9-10H,8H2,1-2H3,(H,19,20). The predicted molar refractivity (Wildman–Crippen MR) is 89.7 cm³/mol. The summed E-state index contributed by atoms with van der Waals surface area (Å²) in [5, 5.41) is 2.93. The van der Waals surface area contributed by atoms with Crippen LogP contribution >= 0.6 is 11.3 Å². The van der Waals surface area contributed by atoms with Crippen LogP contribution in [0.4, 0.5) is 5.69 Å². The molecule has 0 bridgehead atoms. The summed E-state index contributed by atoms with van der Waals surface area (Å²) in [6.07, 6.45) is 0.339. The van der Waals surface area contributed by atoms with Gasteiger partial charge in [-0.05, 0) is 42.3 Å². The molecule has 1 amide bonds. The predicted octanol–water partition coefficient (Wildman–Crippen LogP) is 3.79. The van der Waals surface area contributed by atoms with Crippen LogP contribution in [0.15, 0.2) is 41.9 Å². The monoisotopic (exact) mass is 312 g/mol. The second-order valence-electron chi connectivity index (χ2n) is 5.06. The van der Waals surface area contributed by atoms with E-state index in [2.05, 4.69) is 10.3 Å². The maximum Gasteiger partial charge on any atom is 0.228 e. The summed E-state index contributed by atoms with van der Waals surface area (Å²) in [5.41, 5.74) is 5.55. The molecule has 0 saturated carbocycles. The third-order valence-electron chi connectivity index (χ3n) is 3.44. The Morgan fingerprint density at radius 1 is 1.27 bits per heavy atom. The van der Waals surface area contributed by atoms with Crippen LogP contribution in [0.25, 0.3) is 10.2 Å². The lowest BCUT2D eigenvalue weighted by Crippen LogP contribution is -2.14. The van der Waals surface area contributed by atoms with Crippen molar-refractivity contribution in [2.24, 2.45) is 0 Å². The smallest absolute Gasteiger partial charge is 0.228 e. The average Bonchev–Trinajstić information content (AvgIpc) is 2.95. The molecule has 112 valence electrons. The molecule has 4 nitrogen and oxygen atoms in total. The van der Waals surface area contributed by atoms with Gasteiger partial charge in [-0.3, -0.25) is 4.79 Å². The highest BCUT2D eigenvalue weighted by atomic mass is 32.1. The lowest BCUT2D eigenvalue weighted by Gasteiger charge is -2.08. The molecule has 0 aliphatic rings. The Morgan fingerprint density at radius 2 is 2.14 bits per heavy atom. The third-order valence-corrected chi connectivity index (χ3v) is 4.23. The van der Waals surface area contributed by atoms with Gasteiger partial charge in [-0.25, -0.2) is 4.98 Å². The zero-order valence-corrected chi connectivity index (χ0v) is 13.2. The summed E-state index contributed by atoms with van der Waals surface area (Å²) in [5.74, 6) is 0.799. The van der Waals surface area contributed by atoms with Gasteiger partial charge in [0.2, 0.25) is 5.91 Å². The fourth-order valence-corrected chi connectivity index (χ4v) is 3.09. The summed E-state index contributed by atoms with van der Waals surface area (Å²) in [4.78, 5) is 16.4. The number of benzene rings is 2. The molecule has 0 spiro atoms. The molecule has 0 unspecified atom stereocenters. The van der Waals surface area contributed by atoms with Crippen molar-refractivity contribution < 1.29 is 9.53 Å². The molecule has 1 N–H and O–H groups in total. The van der Waals surface area contributed by atoms with E-state index < -0.39 is 0 Å². The normalized spacial score (nSPS) is 10.6. The lowest BCUT2D eigenvalue weighted by atomic mass is 10.1. The number of nitrogens with zero attached hydrogens (tertiary/aromatic N) is 1. The van der Waals surface area contributed by atoms with E-state index in [1.807, 2.05) is 43.3 Å². The number of carbonyl (C=O) groups is 1. The SMILES string of the molecule is COc1ccc(CC(=O)Nc2ccc3ncsc3c2)cc1C. The van der Waals surface area contributed by atoms with Crippen molar-refractivity contribution in [1.82, 2.24) is 4.98 Å². The van der Waals surface area contributed by atoms with Crippen LogP contribution in [0, 0.1) is 6.92 Å². The number of hydrogen-bond acceptors (Lipinski definition) is 4. The highest BCUT2D eigenvalue weighted by Crippen LogP contribution is 2.22. The van der Waals surface area contributed by atoms with Gasteiger partial charge < -0.3 is 10.1 Å². The number of ether oxygens (including phenoxy) is 1. The van der Waals surface area contributed by atoms with Crippen molar-refractivity contribution in [3.8, 4) is 5.75 Å². The number of carbonyl (C=O) groups excluding carboxylic acids is 1. The van der Waals surface area contributed by atoms with Crippen LogP contribution in [-0.2, 0) is 11.2 Å². The number of fused-ring (bicyclic) bond motifs is 1. The number of amides is 1. The third kappa shape index (κ3) is 3.09. The fourth-order valence-electron chi connectivity index (χ4n) is 2.37. The van der Waals surface area contributed by atoms with Gasteiger partial charge in [-0.15, -0.1) is 11.3 Å². The zero-order chi connectivity index (χ0) is 15.5. The molecular weight excluding hydrogens is 296 g/mol. The molecule has 2 aromatic carbocycles. The Morgan fingerprint density at radius 3 is 2.91 bits per heavy atom. The Bertz CT molecular complexity index is 826. The molecule has 0 atom stereocenters. The van der Waals surface area contributed by atoms with E-state index in [0.717, 1.165) is 32.8 Å². The summed E-state index contributed by atoms with van der Waals surface area (Å²) < 4.78 is 6.30. The van der Waals surface area contributed by atoms with Crippen LogP contribution < -0.4 is 10.1 Å². The second kappa shape index (κ2) is 6.15. The summed E-state index contributed by atoms with van der Waals surface area (Å²) in [6, 6.07) is 11.5. The van der Waals surface area contributed by atoms with Gasteiger partial charge in [0.05, 0.1) is 29.3 Å². The van der Waals surface area contributed by atoms with Crippen LogP contribution in [0.1, 0.15) is 11.1 Å². The Hall–Kier alpha value is -2.40. The van der Waals surface area contributed by atoms with Gasteiger partial charge in [0.15, 0.2) is 0 Å². The quantitative estimate of drug-likeness (QED) is 0.797. The number of aromatic nitrogens is 1. The first-order chi connectivity index (χ1) is 10.7. The lowest BCUT2D eigenvalue weighted by molar-refractivity contribution is -0.115. The minimum atomic E-state index is -0.0339. The molecule has 22 heavy (non-hydrogen) atoms. The zero-order valence-electron chi connectivity index (χ0n) is 12.4. The van der Waals surface area contributed by atoms with Gasteiger partial charge in [0.1, 0.15) is 5.75 Å². The van der Waals surface area contributed by atoms with Crippen LogP contribution in [-0.4, -0.2) is 18.0 Å². The van der Waals surface area contributed by atoms with Crippen LogP contribution in [0.5, 0.6) is 5.75 Å². The van der Waals surface area contributed by atoms with Crippen molar-refractivity contribution in [2.45, 2.75) is 13.3 Å². The number of rotatable bonds is 4. The van der Waals surface area contributed by atoms with Gasteiger partial charge >= 0.3 is 0 Å². The molecule has 1 heterocycles. The number of nitrogens with one attached hydrogen (secondary N) is 1. The summed E-state index contributed by atoms with van der Waals surface area (Å²) in [7, 11) is 1.64. The first-order valence-corrected chi connectivity index (χ1v) is 7.80. The Labute approximate surface area is 132 Å². The summed E-state index contributed by atoms with van der Waals surface area (Å²) in [6.45, 7) is 1.97.